The van der Waals surface area contributed by atoms with E-state index in [1.807, 2.05) is 37.3 Å². The Bertz CT molecular complexity index is 658. The number of rotatable bonds is 3. The van der Waals surface area contributed by atoms with Gasteiger partial charge in [0.05, 0.1) is 22.9 Å². The Morgan fingerprint density at radius 2 is 1.74 bits per heavy atom. The van der Waals surface area contributed by atoms with Gasteiger partial charge in [-0.3, -0.25) is 0 Å². The molecule has 0 aliphatic rings. The molecule has 0 amide bonds. The minimum Gasteiger partial charge on any atom is -0.380 e. The van der Waals surface area contributed by atoms with Crippen LogP contribution in [0.15, 0.2) is 42.5 Å². The van der Waals surface area contributed by atoms with Crippen molar-refractivity contribution in [3.8, 4) is 12.1 Å². The second kappa shape index (κ2) is 5.71. The van der Waals surface area contributed by atoms with E-state index in [0.717, 1.165) is 16.8 Å². The first-order valence-corrected chi connectivity index (χ1v) is 5.96. The first kappa shape index (κ1) is 12.7. The molecule has 0 bridgehead atoms. The normalized spacial score (nSPS) is 9.42. The topological polar surface area (TPSA) is 59.6 Å². The molecule has 0 saturated heterocycles. The molecule has 92 valence electrons. The molecule has 3 nitrogen and oxygen atoms in total. The van der Waals surface area contributed by atoms with Crippen molar-refractivity contribution in [2.24, 2.45) is 0 Å². The number of benzene rings is 2. The summed E-state index contributed by atoms with van der Waals surface area (Å²) < 4.78 is 0. The smallest absolute Gasteiger partial charge is 0.101 e. The lowest BCUT2D eigenvalue weighted by Crippen LogP contribution is -2.01. The number of hydrogen-bond acceptors (Lipinski definition) is 3. The van der Waals surface area contributed by atoms with Crippen molar-refractivity contribution in [3.63, 3.8) is 0 Å². The molecule has 0 heterocycles. The van der Waals surface area contributed by atoms with Crippen LogP contribution in [0.5, 0.6) is 0 Å². The zero-order valence-corrected chi connectivity index (χ0v) is 10.6. The van der Waals surface area contributed by atoms with Gasteiger partial charge in [0.25, 0.3) is 0 Å². The van der Waals surface area contributed by atoms with Gasteiger partial charge in [0, 0.05) is 6.54 Å². The second-order valence-corrected chi connectivity index (χ2v) is 4.32. The van der Waals surface area contributed by atoms with E-state index in [-0.39, 0.29) is 0 Å². The maximum atomic E-state index is 9.05. The number of aryl methyl sites for hydroxylation is 1. The summed E-state index contributed by atoms with van der Waals surface area (Å²) in [5.41, 5.74) is 4.31. The lowest BCUT2D eigenvalue weighted by atomic mass is 10.1. The fraction of sp³-hybridized carbons (Fsp3) is 0.125. The van der Waals surface area contributed by atoms with Crippen molar-refractivity contribution in [1.82, 2.24) is 0 Å². The van der Waals surface area contributed by atoms with Crippen LogP contribution in [0.3, 0.4) is 0 Å². The summed E-state index contributed by atoms with van der Waals surface area (Å²) >= 11 is 0. The average molecular weight is 247 g/mol. The summed E-state index contributed by atoms with van der Waals surface area (Å²) in [7, 11) is 0. The van der Waals surface area contributed by atoms with Gasteiger partial charge in [-0.05, 0) is 42.3 Å². The molecule has 2 aromatic carbocycles. The summed E-state index contributed by atoms with van der Waals surface area (Å²) in [6, 6.07) is 17.4. The summed E-state index contributed by atoms with van der Waals surface area (Å²) in [5, 5.41) is 21.0. The van der Waals surface area contributed by atoms with Crippen molar-refractivity contribution >= 4 is 5.69 Å². The van der Waals surface area contributed by atoms with E-state index in [2.05, 4.69) is 17.5 Å². The molecule has 0 unspecified atom stereocenters. The molecule has 0 fully saturated rings. The number of hydrogen-bond donors (Lipinski definition) is 1. The molecule has 0 aliphatic heterocycles. The van der Waals surface area contributed by atoms with Crippen LogP contribution in [0, 0.1) is 29.6 Å². The van der Waals surface area contributed by atoms with E-state index in [1.54, 1.807) is 12.1 Å². The Labute approximate surface area is 112 Å². The lowest BCUT2D eigenvalue weighted by Gasteiger charge is -2.09. The molecular formula is C16H13N3. The Kier molecular flexibility index (Phi) is 3.81. The zero-order chi connectivity index (χ0) is 13.7. The zero-order valence-electron chi connectivity index (χ0n) is 10.6. The van der Waals surface area contributed by atoms with Crippen LogP contribution in [0.4, 0.5) is 5.69 Å². The molecular weight excluding hydrogens is 234 g/mol. The van der Waals surface area contributed by atoms with Gasteiger partial charge in [-0.2, -0.15) is 10.5 Å². The third-order valence-corrected chi connectivity index (χ3v) is 2.86. The molecule has 2 rings (SSSR count). The van der Waals surface area contributed by atoms with Gasteiger partial charge in [-0.15, -0.1) is 0 Å². The fourth-order valence-corrected chi connectivity index (χ4v) is 1.80. The van der Waals surface area contributed by atoms with Gasteiger partial charge in [0.1, 0.15) is 6.07 Å². The van der Waals surface area contributed by atoms with E-state index in [1.165, 1.54) is 0 Å². The predicted molar refractivity (Wildman–Crippen MR) is 74.4 cm³/mol. The van der Waals surface area contributed by atoms with Crippen molar-refractivity contribution in [2.45, 2.75) is 13.5 Å². The Morgan fingerprint density at radius 3 is 2.37 bits per heavy atom. The predicted octanol–water partition coefficient (Wildman–Crippen LogP) is 3.35. The second-order valence-electron chi connectivity index (χ2n) is 4.32. The van der Waals surface area contributed by atoms with Crippen molar-refractivity contribution in [3.05, 3.63) is 64.7 Å². The summed E-state index contributed by atoms with van der Waals surface area (Å²) in [5.74, 6) is 0. The van der Waals surface area contributed by atoms with Crippen LogP contribution in [0.2, 0.25) is 0 Å². The van der Waals surface area contributed by atoms with Gasteiger partial charge >= 0.3 is 0 Å². The summed E-state index contributed by atoms with van der Waals surface area (Å²) in [6.45, 7) is 2.62. The number of nitrogens with one attached hydrogen (secondary N) is 1. The average Bonchev–Trinajstić information content (AvgIpc) is 2.46. The van der Waals surface area contributed by atoms with Gasteiger partial charge in [0.2, 0.25) is 0 Å². The largest absolute Gasteiger partial charge is 0.380 e. The molecule has 0 radical (unpaired) electrons. The van der Waals surface area contributed by atoms with E-state index in [4.69, 9.17) is 10.5 Å². The lowest BCUT2D eigenvalue weighted by molar-refractivity contribution is 1.14. The maximum absolute atomic E-state index is 9.05. The molecule has 3 heteroatoms. The first-order chi connectivity index (χ1) is 9.22. The summed E-state index contributed by atoms with van der Waals surface area (Å²) in [6.07, 6.45) is 0. The van der Waals surface area contributed by atoms with Crippen LogP contribution in [0.1, 0.15) is 22.3 Å². The quantitative estimate of drug-likeness (QED) is 0.904. The van der Waals surface area contributed by atoms with Crippen LogP contribution < -0.4 is 5.32 Å². The third kappa shape index (κ3) is 3.12. The Balaban J connectivity index is 2.12. The van der Waals surface area contributed by atoms with Gasteiger partial charge in [0.15, 0.2) is 0 Å². The highest BCUT2D eigenvalue weighted by Crippen LogP contribution is 2.17. The van der Waals surface area contributed by atoms with Crippen molar-refractivity contribution in [1.29, 1.82) is 10.5 Å². The Morgan fingerprint density at radius 1 is 1.00 bits per heavy atom. The van der Waals surface area contributed by atoms with Crippen LogP contribution in [-0.4, -0.2) is 0 Å². The van der Waals surface area contributed by atoms with Gasteiger partial charge in [-0.25, -0.2) is 0 Å². The van der Waals surface area contributed by atoms with Crippen molar-refractivity contribution < 1.29 is 0 Å². The molecule has 0 saturated carbocycles. The number of nitriles is 2. The first-order valence-electron chi connectivity index (χ1n) is 5.96. The molecule has 1 N–H and O–H groups in total. The molecule has 19 heavy (non-hydrogen) atoms. The van der Waals surface area contributed by atoms with Crippen LogP contribution in [0.25, 0.3) is 0 Å². The molecule has 0 aliphatic carbocycles. The molecule has 0 atom stereocenters. The maximum Gasteiger partial charge on any atom is 0.101 e. The highest BCUT2D eigenvalue weighted by molar-refractivity contribution is 5.59. The number of nitrogens with zero attached hydrogens (tertiary/aromatic N) is 2. The van der Waals surface area contributed by atoms with Crippen LogP contribution >= 0.6 is 0 Å². The van der Waals surface area contributed by atoms with E-state index >= 15 is 0 Å². The van der Waals surface area contributed by atoms with Crippen LogP contribution in [-0.2, 0) is 6.54 Å². The van der Waals surface area contributed by atoms with E-state index in [9.17, 15) is 0 Å². The van der Waals surface area contributed by atoms with Crippen molar-refractivity contribution in [2.75, 3.05) is 5.32 Å². The van der Waals surface area contributed by atoms with Gasteiger partial charge < -0.3 is 5.32 Å². The molecule has 0 spiro atoms. The fourth-order valence-electron chi connectivity index (χ4n) is 1.80. The monoisotopic (exact) mass is 247 g/mol. The number of anilines is 1. The molecule has 0 aromatic heterocycles. The standard InChI is InChI=1S/C16H13N3/c1-12-2-7-15(10-18)16(8-12)19-11-14-5-3-13(9-17)4-6-14/h2-8,19H,11H2,1H3. The minimum absolute atomic E-state index is 0.629. The van der Waals surface area contributed by atoms with E-state index in [0.29, 0.717) is 17.7 Å². The summed E-state index contributed by atoms with van der Waals surface area (Å²) in [4.78, 5) is 0. The SMILES string of the molecule is Cc1ccc(C#N)c(NCc2ccc(C#N)cc2)c1. The Hall–Kier alpha value is -2.78. The van der Waals surface area contributed by atoms with Gasteiger partial charge in [-0.1, -0.05) is 18.2 Å². The highest BCUT2D eigenvalue weighted by Gasteiger charge is 2.02. The highest BCUT2D eigenvalue weighted by atomic mass is 14.9. The molecule has 2 aromatic rings. The minimum atomic E-state index is 0.629. The van der Waals surface area contributed by atoms with E-state index < -0.39 is 0 Å². The third-order valence-electron chi connectivity index (χ3n) is 2.86.